The van der Waals surface area contributed by atoms with Gasteiger partial charge in [0.2, 0.25) is 0 Å². The van der Waals surface area contributed by atoms with Crippen LogP contribution in [-0.2, 0) is 11.5 Å². The molecule has 0 spiro atoms. The second-order valence-corrected chi connectivity index (χ2v) is 7.58. The molecule has 2 aromatic rings. The average molecular weight is 387 g/mol. The second kappa shape index (κ2) is 6.69. The Kier molecular flexibility index (Phi) is 4.77. The number of guanidine groups is 1. The van der Waals surface area contributed by atoms with E-state index in [4.69, 9.17) is 10.7 Å². The Morgan fingerprint density at radius 2 is 1.79 bits per heavy atom. The van der Waals surface area contributed by atoms with Crippen LogP contribution in [0.1, 0.15) is 42.0 Å². The van der Waals surface area contributed by atoms with Crippen LogP contribution in [0.5, 0.6) is 0 Å². The highest BCUT2D eigenvalue weighted by Crippen LogP contribution is 2.48. The Morgan fingerprint density at radius 3 is 2.32 bits per heavy atom. The number of aryl methyl sites for hydroxylation is 1. The maximum atomic E-state index is 13.8. The molecule has 2 aromatic carbocycles. The number of nitrogens with zero attached hydrogens (tertiary/aromatic N) is 2. The standard InChI is InChI=1S/C22H24F3N3/c1-13-12-17(10-11-18(13)23)21(3)19(14(2)28(5)20(26)27-21)15-6-8-16(9-7-15)22(4,24)25/h6-12,19H,2H2,1,3-5H3,(H2,26,27)/t19-,21+/m0/s1. The number of nitrogens with two attached hydrogens (primary N) is 1. The van der Waals surface area contributed by atoms with Crippen molar-refractivity contribution in [3.8, 4) is 0 Å². The summed E-state index contributed by atoms with van der Waals surface area (Å²) in [6.07, 6.45) is 0. The monoisotopic (exact) mass is 387 g/mol. The van der Waals surface area contributed by atoms with Gasteiger partial charge < -0.3 is 10.6 Å². The van der Waals surface area contributed by atoms with E-state index >= 15 is 0 Å². The van der Waals surface area contributed by atoms with Gasteiger partial charge in [-0.2, -0.15) is 0 Å². The number of likely N-dealkylation sites (N-methyl/N-ethyl adjacent to an activating group) is 1. The highest BCUT2D eigenvalue weighted by molar-refractivity contribution is 5.82. The van der Waals surface area contributed by atoms with E-state index in [1.54, 1.807) is 43.1 Å². The molecule has 0 aromatic heterocycles. The number of hydrogen-bond acceptors (Lipinski definition) is 3. The van der Waals surface area contributed by atoms with E-state index in [2.05, 4.69) is 6.58 Å². The Bertz CT molecular complexity index is 944. The lowest BCUT2D eigenvalue weighted by molar-refractivity contribution is 0.0174. The molecule has 0 amide bonds. The Morgan fingerprint density at radius 1 is 1.18 bits per heavy atom. The maximum Gasteiger partial charge on any atom is 0.270 e. The lowest BCUT2D eigenvalue weighted by Crippen LogP contribution is -2.47. The molecule has 2 atom stereocenters. The molecule has 148 valence electrons. The summed E-state index contributed by atoms with van der Waals surface area (Å²) in [6.45, 7) is 8.63. The van der Waals surface area contributed by atoms with Crippen molar-refractivity contribution in [2.75, 3.05) is 7.05 Å². The first-order chi connectivity index (χ1) is 12.9. The number of rotatable bonds is 3. The third kappa shape index (κ3) is 3.28. The first-order valence-corrected chi connectivity index (χ1v) is 8.98. The summed E-state index contributed by atoms with van der Waals surface area (Å²) in [4.78, 5) is 6.39. The van der Waals surface area contributed by atoms with Crippen molar-refractivity contribution in [1.29, 1.82) is 0 Å². The molecular weight excluding hydrogens is 363 g/mol. The molecule has 3 nitrogen and oxygen atoms in total. The number of aliphatic imine (C=N–C) groups is 1. The van der Waals surface area contributed by atoms with Gasteiger partial charge in [-0.3, -0.25) is 0 Å². The smallest absolute Gasteiger partial charge is 0.270 e. The van der Waals surface area contributed by atoms with Crippen molar-refractivity contribution in [2.45, 2.75) is 38.2 Å². The largest absolute Gasteiger partial charge is 0.370 e. The van der Waals surface area contributed by atoms with E-state index in [1.165, 1.54) is 18.2 Å². The van der Waals surface area contributed by atoms with Gasteiger partial charge in [0, 0.05) is 25.2 Å². The molecule has 1 heterocycles. The molecular formula is C22H24F3N3. The van der Waals surface area contributed by atoms with Crippen molar-refractivity contribution in [2.24, 2.45) is 10.7 Å². The summed E-state index contributed by atoms with van der Waals surface area (Å²) in [5.41, 5.74) is 7.94. The van der Waals surface area contributed by atoms with Crippen LogP contribution in [0, 0.1) is 12.7 Å². The van der Waals surface area contributed by atoms with Crippen molar-refractivity contribution in [3.05, 3.63) is 82.8 Å². The molecule has 0 saturated carbocycles. The predicted molar refractivity (Wildman–Crippen MR) is 106 cm³/mol. The van der Waals surface area contributed by atoms with E-state index in [0.29, 0.717) is 17.2 Å². The van der Waals surface area contributed by atoms with Gasteiger partial charge in [-0.25, -0.2) is 18.2 Å². The van der Waals surface area contributed by atoms with Gasteiger partial charge in [0.15, 0.2) is 5.96 Å². The van der Waals surface area contributed by atoms with Crippen LogP contribution in [0.25, 0.3) is 0 Å². The molecule has 3 rings (SSSR count). The van der Waals surface area contributed by atoms with Gasteiger partial charge in [-0.1, -0.05) is 43.0 Å². The Labute approximate surface area is 163 Å². The maximum absolute atomic E-state index is 13.8. The molecule has 28 heavy (non-hydrogen) atoms. The number of benzene rings is 2. The predicted octanol–water partition coefficient (Wildman–Crippen LogP) is 5.02. The summed E-state index contributed by atoms with van der Waals surface area (Å²) in [7, 11) is 1.76. The summed E-state index contributed by atoms with van der Waals surface area (Å²) in [5, 5.41) is 0. The molecule has 0 unspecified atom stereocenters. The summed E-state index contributed by atoms with van der Waals surface area (Å²) < 4.78 is 41.1. The molecule has 0 fully saturated rings. The molecule has 0 radical (unpaired) electrons. The Balaban J connectivity index is 2.17. The second-order valence-electron chi connectivity index (χ2n) is 7.58. The van der Waals surface area contributed by atoms with Gasteiger partial charge in [0.25, 0.3) is 5.92 Å². The van der Waals surface area contributed by atoms with Gasteiger partial charge in [0.1, 0.15) is 5.82 Å². The van der Waals surface area contributed by atoms with E-state index < -0.39 is 11.5 Å². The summed E-state index contributed by atoms with van der Waals surface area (Å²) in [6, 6.07) is 11.0. The van der Waals surface area contributed by atoms with E-state index in [0.717, 1.165) is 18.1 Å². The van der Waals surface area contributed by atoms with Crippen molar-refractivity contribution in [1.82, 2.24) is 4.90 Å². The minimum Gasteiger partial charge on any atom is -0.370 e. The molecule has 0 aliphatic carbocycles. The molecule has 6 heteroatoms. The lowest BCUT2D eigenvalue weighted by Gasteiger charge is -2.44. The van der Waals surface area contributed by atoms with Gasteiger partial charge >= 0.3 is 0 Å². The van der Waals surface area contributed by atoms with Crippen LogP contribution < -0.4 is 5.73 Å². The molecule has 2 N–H and O–H groups in total. The minimum absolute atomic E-state index is 0.0617. The number of alkyl halides is 2. The SMILES string of the molecule is C=C1[C@@H](c2ccc(C(C)(F)F)cc2)[C@@](C)(c2ccc(F)c(C)c2)N=C(N)N1C. The van der Waals surface area contributed by atoms with E-state index in [-0.39, 0.29) is 17.3 Å². The highest BCUT2D eigenvalue weighted by atomic mass is 19.3. The minimum atomic E-state index is -2.92. The quantitative estimate of drug-likeness (QED) is 0.804. The van der Waals surface area contributed by atoms with Crippen LogP contribution in [0.4, 0.5) is 13.2 Å². The number of halogens is 3. The van der Waals surface area contributed by atoms with Crippen LogP contribution >= 0.6 is 0 Å². The molecule has 1 aliphatic heterocycles. The van der Waals surface area contributed by atoms with Crippen molar-refractivity contribution < 1.29 is 13.2 Å². The van der Waals surface area contributed by atoms with Gasteiger partial charge in [0.05, 0.1) is 11.5 Å². The van der Waals surface area contributed by atoms with Gasteiger partial charge in [-0.05, 0) is 36.6 Å². The number of hydrogen-bond donors (Lipinski definition) is 1. The normalized spacial score (nSPS) is 23.0. The third-order valence-corrected chi connectivity index (χ3v) is 5.51. The fourth-order valence-corrected chi connectivity index (χ4v) is 3.72. The van der Waals surface area contributed by atoms with Crippen LogP contribution in [0.2, 0.25) is 0 Å². The average Bonchev–Trinajstić information content (AvgIpc) is 2.62. The highest BCUT2D eigenvalue weighted by Gasteiger charge is 2.44. The summed E-state index contributed by atoms with van der Waals surface area (Å²) in [5.74, 6) is -3.28. The van der Waals surface area contributed by atoms with Crippen molar-refractivity contribution >= 4 is 5.96 Å². The van der Waals surface area contributed by atoms with Crippen LogP contribution in [-0.4, -0.2) is 17.9 Å². The fraction of sp³-hybridized carbons (Fsp3) is 0.318. The fourth-order valence-electron chi connectivity index (χ4n) is 3.72. The lowest BCUT2D eigenvalue weighted by atomic mass is 9.73. The Hall–Kier alpha value is -2.76. The van der Waals surface area contributed by atoms with Crippen molar-refractivity contribution in [3.63, 3.8) is 0 Å². The topological polar surface area (TPSA) is 41.6 Å². The third-order valence-electron chi connectivity index (χ3n) is 5.51. The zero-order chi connectivity index (χ0) is 20.9. The first kappa shape index (κ1) is 20.0. The zero-order valence-corrected chi connectivity index (χ0v) is 16.4. The molecule has 0 bridgehead atoms. The van der Waals surface area contributed by atoms with Gasteiger partial charge in [-0.15, -0.1) is 0 Å². The zero-order valence-electron chi connectivity index (χ0n) is 16.4. The molecule has 1 aliphatic rings. The first-order valence-electron chi connectivity index (χ1n) is 8.98. The summed E-state index contributed by atoms with van der Waals surface area (Å²) >= 11 is 0. The van der Waals surface area contributed by atoms with E-state index in [1.807, 2.05) is 6.92 Å². The van der Waals surface area contributed by atoms with Crippen LogP contribution in [0.15, 0.2) is 59.7 Å². The van der Waals surface area contributed by atoms with E-state index in [9.17, 15) is 13.2 Å². The van der Waals surface area contributed by atoms with Crippen LogP contribution in [0.3, 0.4) is 0 Å². The molecule has 0 saturated heterocycles.